The van der Waals surface area contributed by atoms with Gasteiger partial charge in [0.25, 0.3) is 0 Å². The van der Waals surface area contributed by atoms with Gasteiger partial charge in [-0.2, -0.15) is 0 Å². The molecule has 0 spiro atoms. The summed E-state index contributed by atoms with van der Waals surface area (Å²) in [5, 5.41) is 3.41. The zero-order chi connectivity index (χ0) is 12.1. The lowest BCUT2D eigenvalue weighted by Crippen LogP contribution is -2.29. The molecule has 1 N–H and O–H groups in total. The molecule has 0 unspecified atom stereocenters. The average Bonchev–Trinajstić information content (AvgIpc) is 2.76. The van der Waals surface area contributed by atoms with E-state index in [1.807, 2.05) is 6.07 Å². The van der Waals surface area contributed by atoms with Crippen LogP contribution >= 0.6 is 0 Å². The van der Waals surface area contributed by atoms with E-state index in [1.165, 1.54) is 32.1 Å². The summed E-state index contributed by atoms with van der Waals surface area (Å²) in [4.78, 5) is 8.46. The highest BCUT2D eigenvalue weighted by molar-refractivity contribution is 5.23. The maximum absolute atomic E-state index is 4.23. The quantitative estimate of drug-likeness (QED) is 0.846. The largest absolute Gasteiger partial charge is 0.354 e. The Kier molecular flexibility index (Phi) is 3.97. The average molecular weight is 233 g/mol. The van der Waals surface area contributed by atoms with Crippen LogP contribution in [0.3, 0.4) is 0 Å². The molecular weight excluding hydrogens is 210 g/mol. The van der Waals surface area contributed by atoms with Gasteiger partial charge in [0, 0.05) is 18.9 Å². The number of nitrogens with zero attached hydrogens (tertiary/aromatic N) is 2. The minimum Gasteiger partial charge on any atom is -0.354 e. The summed E-state index contributed by atoms with van der Waals surface area (Å²) in [6.07, 6.45) is 10.4. The fourth-order valence-corrected chi connectivity index (χ4v) is 3.10. The molecule has 0 saturated heterocycles. The van der Waals surface area contributed by atoms with Gasteiger partial charge in [0.05, 0.1) is 0 Å². The van der Waals surface area contributed by atoms with Crippen LogP contribution in [-0.2, 0) is 0 Å². The lowest BCUT2D eigenvalue weighted by Gasteiger charge is -2.31. The normalized spacial score (nSPS) is 18.5. The summed E-state index contributed by atoms with van der Waals surface area (Å²) in [7, 11) is 0. The number of nitrogens with one attached hydrogen (secondary N) is 1. The molecule has 17 heavy (non-hydrogen) atoms. The second-order valence-corrected chi connectivity index (χ2v) is 5.73. The molecule has 1 aliphatic rings. The maximum atomic E-state index is 4.23. The molecular formula is C14H23N3. The number of hydrogen-bond donors (Lipinski definition) is 1. The lowest BCUT2D eigenvalue weighted by molar-refractivity contribution is 0.252. The molecule has 0 aliphatic heterocycles. The Hall–Kier alpha value is -1.12. The number of rotatable bonds is 5. The molecule has 1 aromatic heterocycles. The molecule has 0 amide bonds. The molecule has 1 saturated carbocycles. The van der Waals surface area contributed by atoms with Crippen LogP contribution in [0.4, 0.5) is 5.95 Å². The molecule has 0 bridgehead atoms. The van der Waals surface area contributed by atoms with Crippen LogP contribution in [0.15, 0.2) is 18.5 Å². The predicted octanol–water partition coefficient (Wildman–Crippen LogP) is 3.50. The van der Waals surface area contributed by atoms with E-state index in [4.69, 9.17) is 0 Å². The Morgan fingerprint density at radius 2 is 1.88 bits per heavy atom. The van der Waals surface area contributed by atoms with E-state index in [0.29, 0.717) is 5.41 Å². The van der Waals surface area contributed by atoms with Crippen LogP contribution in [0.5, 0.6) is 0 Å². The van der Waals surface area contributed by atoms with Crippen molar-refractivity contribution in [3.8, 4) is 0 Å². The monoisotopic (exact) mass is 233 g/mol. The zero-order valence-electron chi connectivity index (χ0n) is 10.9. The van der Waals surface area contributed by atoms with Gasteiger partial charge in [-0.05, 0) is 36.7 Å². The van der Waals surface area contributed by atoms with E-state index < -0.39 is 0 Å². The highest BCUT2D eigenvalue weighted by Crippen LogP contribution is 2.43. The zero-order valence-corrected chi connectivity index (χ0v) is 10.9. The summed E-state index contributed by atoms with van der Waals surface area (Å²) >= 11 is 0. The maximum Gasteiger partial charge on any atom is 0.222 e. The molecule has 1 aromatic rings. The first-order valence-electron chi connectivity index (χ1n) is 6.71. The van der Waals surface area contributed by atoms with Gasteiger partial charge in [-0.25, -0.2) is 9.97 Å². The van der Waals surface area contributed by atoms with E-state index in [-0.39, 0.29) is 0 Å². The van der Waals surface area contributed by atoms with Crippen molar-refractivity contribution in [3.05, 3.63) is 18.5 Å². The van der Waals surface area contributed by atoms with Crippen molar-refractivity contribution >= 4 is 5.95 Å². The standard InChI is InChI=1S/C14H23N3/c1-12(2)10-14(6-3-4-7-14)11-17-13-15-8-5-9-16-13/h5,8-9,12H,3-4,6-7,10-11H2,1-2H3,(H,15,16,17). The third-order valence-electron chi connectivity index (χ3n) is 3.69. The van der Waals surface area contributed by atoms with Crippen LogP contribution in [-0.4, -0.2) is 16.5 Å². The summed E-state index contributed by atoms with van der Waals surface area (Å²) in [6, 6.07) is 1.85. The molecule has 1 aliphatic carbocycles. The summed E-state index contributed by atoms with van der Waals surface area (Å²) in [5.41, 5.74) is 0.480. The van der Waals surface area contributed by atoms with Crippen LogP contribution in [0.2, 0.25) is 0 Å². The van der Waals surface area contributed by atoms with Crippen LogP contribution < -0.4 is 5.32 Å². The Labute approximate surface area is 104 Å². The fraction of sp³-hybridized carbons (Fsp3) is 0.714. The van der Waals surface area contributed by atoms with Crippen molar-refractivity contribution in [1.29, 1.82) is 0 Å². The third kappa shape index (κ3) is 3.42. The first kappa shape index (κ1) is 12.3. The van der Waals surface area contributed by atoms with Crippen molar-refractivity contribution in [2.24, 2.45) is 11.3 Å². The number of anilines is 1. The lowest BCUT2D eigenvalue weighted by atomic mass is 9.78. The molecule has 1 heterocycles. The fourth-order valence-electron chi connectivity index (χ4n) is 3.10. The summed E-state index contributed by atoms with van der Waals surface area (Å²) < 4.78 is 0. The topological polar surface area (TPSA) is 37.8 Å². The highest BCUT2D eigenvalue weighted by Gasteiger charge is 2.34. The molecule has 94 valence electrons. The number of aromatic nitrogens is 2. The Morgan fingerprint density at radius 1 is 1.24 bits per heavy atom. The van der Waals surface area contributed by atoms with Crippen molar-refractivity contribution in [2.45, 2.75) is 46.0 Å². The van der Waals surface area contributed by atoms with E-state index >= 15 is 0 Å². The molecule has 3 heteroatoms. The van der Waals surface area contributed by atoms with Gasteiger partial charge in [-0.3, -0.25) is 0 Å². The smallest absolute Gasteiger partial charge is 0.222 e. The highest BCUT2D eigenvalue weighted by atomic mass is 15.1. The Morgan fingerprint density at radius 3 is 2.47 bits per heavy atom. The molecule has 2 rings (SSSR count). The van der Waals surface area contributed by atoms with Gasteiger partial charge in [0.15, 0.2) is 0 Å². The molecule has 0 atom stereocenters. The van der Waals surface area contributed by atoms with Gasteiger partial charge in [0.1, 0.15) is 0 Å². The Balaban J connectivity index is 1.94. The second-order valence-electron chi connectivity index (χ2n) is 5.73. The Bertz CT molecular complexity index is 329. The summed E-state index contributed by atoms with van der Waals surface area (Å²) in [6.45, 7) is 5.66. The number of hydrogen-bond acceptors (Lipinski definition) is 3. The SMILES string of the molecule is CC(C)CC1(CNc2ncccn2)CCCC1. The van der Waals surface area contributed by atoms with Crippen LogP contribution in [0.1, 0.15) is 46.0 Å². The van der Waals surface area contributed by atoms with Crippen molar-refractivity contribution in [2.75, 3.05) is 11.9 Å². The minimum atomic E-state index is 0.480. The van der Waals surface area contributed by atoms with E-state index in [0.717, 1.165) is 18.4 Å². The van der Waals surface area contributed by atoms with Gasteiger partial charge >= 0.3 is 0 Å². The van der Waals surface area contributed by atoms with Gasteiger partial charge in [0.2, 0.25) is 5.95 Å². The molecule has 3 nitrogen and oxygen atoms in total. The molecule has 1 fully saturated rings. The van der Waals surface area contributed by atoms with E-state index in [9.17, 15) is 0 Å². The van der Waals surface area contributed by atoms with Crippen molar-refractivity contribution in [3.63, 3.8) is 0 Å². The summed E-state index contributed by atoms with van der Waals surface area (Å²) in [5.74, 6) is 1.54. The van der Waals surface area contributed by atoms with Crippen LogP contribution in [0, 0.1) is 11.3 Å². The molecule has 0 radical (unpaired) electrons. The van der Waals surface area contributed by atoms with Gasteiger partial charge in [-0.1, -0.05) is 26.7 Å². The van der Waals surface area contributed by atoms with Gasteiger partial charge in [-0.15, -0.1) is 0 Å². The predicted molar refractivity (Wildman–Crippen MR) is 70.9 cm³/mol. The van der Waals surface area contributed by atoms with Gasteiger partial charge < -0.3 is 5.32 Å². The first-order valence-corrected chi connectivity index (χ1v) is 6.71. The minimum absolute atomic E-state index is 0.480. The van der Waals surface area contributed by atoms with E-state index in [2.05, 4.69) is 29.1 Å². The second kappa shape index (κ2) is 5.48. The molecule has 0 aromatic carbocycles. The third-order valence-corrected chi connectivity index (χ3v) is 3.69. The van der Waals surface area contributed by atoms with Crippen molar-refractivity contribution in [1.82, 2.24) is 9.97 Å². The first-order chi connectivity index (χ1) is 8.20. The van der Waals surface area contributed by atoms with E-state index in [1.54, 1.807) is 12.4 Å². The van der Waals surface area contributed by atoms with Crippen LogP contribution in [0.25, 0.3) is 0 Å². The van der Waals surface area contributed by atoms with Crippen molar-refractivity contribution < 1.29 is 0 Å².